The molecule has 0 radical (unpaired) electrons. The summed E-state index contributed by atoms with van der Waals surface area (Å²) in [6.07, 6.45) is 2.88. The van der Waals surface area contributed by atoms with E-state index in [1.807, 2.05) is 6.07 Å². The van der Waals surface area contributed by atoms with Crippen LogP contribution in [-0.2, 0) is 9.53 Å². The van der Waals surface area contributed by atoms with E-state index in [9.17, 15) is 4.79 Å². The molecule has 7 nitrogen and oxygen atoms in total. The molecule has 0 aromatic carbocycles. The van der Waals surface area contributed by atoms with Gasteiger partial charge >= 0.3 is 5.97 Å². The van der Waals surface area contributed by atoms with Crippen LogP contribution in [0.3, 0.4) is 0 Å². The number of carboxylic acid groups (broad SMARTS) is 1. The number of rotatable bonds is 6. The Morgan fingerprint density at radius 2 is 2.31 bits per heavy atom. The molecule has 0 aliphatic carbocycles. The Hall–Kier alpha value is -2.20. The average Bonchev–Trinajstić information content (AvgIpc) is 2.29. The van der Waals surface area contributed by atoms with Gasteiger partial charge < -0.3 is 15.2 Å². The summed E-state index contributed by atoms with van der Waals surface area (Å²) < 4.78 is 4.80. The van der Waals surface area contributed by atoms with Crippen LogP contribution in [-0.4, -0.2) is 40.8 Å². The molecule has 1 rings (SSSR count). The largest absolute Gasteiger partial charge is 0.480 e. The summed E-state index contributed by atoms with van der Waals surface area (Å²) >= 11 is 0. The molecule has 0 aliphatic rings. The lowest BCUT2D eigenvalue weighted by molar-refractivity contribution is -0.142. The fraction of sp³-hybridized carbons (Fsp3) is 0.333. The maximum atomic E-state index is 10.1. The lowest BCUT2D eigenvalue weighted by atomic mass is 10.4. The van der Waals surface area contributed by atoms with Crippen LogP contribution in [0.4, 0.5) is 5.82 Å². The van der Waals surface area contributed by atoms with Crippen molar-refractivity contribution in [3.63, 3.8) is 0 Å². The lowest BCUT2D eigenvalue weighted by Crippen LogP contribution is -2.15. The molecule has 1 aromatic rings. The first-order valence-corrected chi connectivity index (χ1v) is 4.48. The highest BCUT2D eigenvalue weighted by Crippen LogP contribution is 2.05. The molecule has 1 aromatic heterocycles. The van der Waals surface area contributed by atoms with Crippen molar-refractivity contribution >= 4 is 11.8 Å². The van der Waals surface area contributed by atoms with Gasteiger partial charge in [-0.05, 0) is 0 Å². The number of hydrogen-bond acceptors (Lipinski definition) is 6. The zero-order valence-corrected chi connectivity index (χ0v) is 8.38. The molecule has 7 heteroatoms. The Morgan fingerprint density at radius 1 is 1.56 bits per heavy atom. The SMILES string of the molecule is N#Cc1nccnc1NCCOCC(=O)O. The highest BCUT2D eigenvalue weighted by atomic mass is 16.5. The van der Waals surface area contributed by atoms with Gasteiger partial charge in [-0.3, -0.25) is 0 Å². The van der Waals surface area contributed by atoms with Crippen molar-refractivity contribution in [2.24, 2.45) is 0 Å². The zero-order chi connectivity index (χ0) is 11.8. The monoisotopic (exact) mass is 222 g/mol. The standard InChI is InChI=1S/C9H10N4O3/c10-5-7-9(12-2-1-11-7)13-3-4-16-6-8(14)15/h1-2H,3-4,6H2,(H,12,13)(H,14,15). The summed E-state index contributed by atoms with van der Waals surface area (Å²) in [6.45, 7) is 0.238. The van der Waals surface area contributed by atoms with Crippen molar-refractivity contribution in [3.05, 3.63) is 18.1 Å². The van der Waals surface area contributed by atoms with E-state index >= 15 is 0 Å². The summed E-state index contributed by atoms with van der Waals surface area (Å²) in [4.78, 5) is 17.8. The quantitative estimate of drug-likeness (QED) is 0.645. The first-order valence-electron chi connectivity index (χ1n) is 4.48. The molecular formula is C9H10N4O3. The third-order valence-corrected chi connectivity index (χ3v) is 1.57. The minimum absolute atomic E-state index is 0.195. The summed E-state index contributed by atoms with van der Waals surface area (Å²) in [6, 6.07) is 1.88. The number of carbonyl (C=O) groups is 1. The number of anilines is 1. The molecule has 0 saturated carbocycles. The Kier molecular flexibility index (Phi) is 4.69. The number of aromatic nitrogens is 2. The van der Waals surface area contributed by atoms with Gasteiger partial charge in [0.05, 0.1) is 6.61 Å². The zero-order valence-electron chi connectivity index (χ0n) is 8.38. The normalized spacial score (nSPS) is 9.44. The fourth-order valence-corrected chi connectivity index (χ4v) is 0.950. The number of nitrogens with zero attached hydrogens (tertiary/aromatic N) is 3. The van der Waals surface area contributed by atoms with Crippen LogP contribution >= 0.6 is 0 Å². The fourth-order valence-electron chi connectivity index (χ4n) is 0.950. The molecule has 0 saturated heterocycles. The predicted molar refractivity (Wildman–Crippen MR) is 53.7 cm³/mol. The van der Waals surface area contributed by atoms with E-state index < -0.39 is 5.97 Å². The molecule has 0 fully saturated rings. The number of ether oxygens (including phenoxy) is 1. The van der Waals surface area contributed by atoms with E-state index in [1.54, 1.807) is 0 Å². The Morgan fingerprint density at radius 3 is 3.00 bits per heavy atom. The van der Waals surface area contributed by atoms with Gasteiger partial charge in [0.1, 0.15) is 12.7 Å². The topological polar surface area (TPSA) is 108 Å². The molecular weight excluding hydrogens is 212 g/mol. The lowest BCUT2D eigenvalue weighted by Gasteiger charge is -2.05. The van der Waals surface area contributed by atoms with Crippen molar-refractivity contribution in [2.75, 3.05) is 25.1 Å². The molecule has 0 unspecified atom stereocenters. The highest BCUT2D eigenvalue weighted by Gasteiger charge is 2.02. The van der Waals surface area contributed by atoms with Crippen LogP contribution < -0.4 is 5.32 Å². The van der Waals surface area contributed by atoms with Crippen LogP contribution in [0.2, 0.25) is 0 Å². The van der Waals surface area contributed by atoms with Gasteiger partial charge in [-0.15, -0.1) is 0 Å². The first kappa shape index (κ1) is 11.9. The number of hydrogen-bond donors (Lipinski definition) is 2. The molecule has 2 N–H and O–H groups in total. The van der Waals surface area contributed by atoms with Gasteiger partial charge in [0, 0.05) is 18.9 Å². The first-order chi connectivity index (χ1) is 7.74. The van der Waals surface area contributed by atoms with Gasteiger partial charge in [-0.2, -0.15) is 5.26 Å². The van der Waals surface area contributed by atoms with Gasteiger partial charge in [0.15, 0.2) is 11.5 Å². The van der Waals surface area contributed by atoms with Gasteiger partial charge in [-0.25, -0.2) is 14.8 Å². The van der Waals surface area contributed by atoms with Crippen molar-refractivity contribution in [2.45, 2.75) is 0 Å². The molecule has 0 aliphatic heterocycles. The van der Waals surface area contributed by atoms with Crippen LogP contribution in [0.15, 0.2) is 12.4 Å². The Balaban J connectivity index is 2.32. The second-order valence-corrected chi connectivity index (χ2v) is 2.74. The van der Waals surface area contributed by atoms with Gasteiger partial charge in [0.2, 0.25) is 0 Å². The van der Waals surface area contributed by atoms with Crippen LogP contribution in [0.5, 0.6) is 0 Å². The minimum atomic E-state index is -1.02. The predicted octanol–water partition coefficient (Wildman–Crippen LogP) is -0.139. The Bertz CT molecular complexity index is 402. The maximum Gasteiger partial charge on any atom is 0.329 e. The summed E-state index contributed by atoms with van der Waals surface area (Å²) in [5, 5.41) is 19.8. The average molecular weight is 222 g/mol. The van der Waals surface area contributed by atoms with Crippen molar-refractivity contribution in [1.82, 2.24) is 9.97 Å². The molecule has 1 heterocycles. The van der Waals surface area contributed by atoms with E-state index in [4.69, 9.17) is 15.1 Å². The van der Waals surface area contributed by atoms with Crippen molar-refractivity contribution in [3.8, 4) is 6.07 Å². The van der Waals surface area contributed by atoms with E-state index in [2.05, 4.69) is 15.3 Å². The van der Waals surface area contributed by atoms with Crippen molar-refractivity contribution < 1.29 is 14.6 Å². The van der Waals surface area contributed by atoms with E-state index in [0.717, 1.165) is 0 Å². The van der Waals surface area contributed by atoms with Crippen LogP contribution in [0.1, 0.15) is 5.69 Å². The number of nitriles is 1. The number of carboxylic acids is 1. The number of nitrogens with one attached hydrogen (secondary N) is 1. The van der Waals surface area contributed by atoms with Crippen molar-refractivity contribution in [1.29, 1.82) is 5.26 Å². The molecule has 0 atom stereocenters. The second kappa shape index (κ2) is 6.31. The maximum absolute atomic E-state index is 10.1. The van der Waals surface area contributed by atoms with Crippen LogP contribution in [0, 0.1) is 11.3 Å². The number of aliphatic carboxylic acids is 1. The third kappa shape index (κ3) is 3.89. The van der Waals surface area contributed by atoms with E-state index in [0.29, 0.717) is 12.4 Å². The summed E-state index contributed by atoms with van der Waals surface area (Å²) in [5.74, 6) is -0.652. The van der Waals surface area contributed by atoms with E-state index in [-0.39, 0.29) is 18.9 Å². The molecule has 84 valence electrons. The van der Waals surface area contributed by atoms with E-state index in [1.165, 1.54) is 12.4 Å². The van der Waals surface area contributed by atoms with Gasteiger partial charge in [0.25, 0.3) is 0 Å². The molecule has 0 bridgehead atoms. The second-order valence-electron chi connectivity index (χ2n) is 2.74. The molecule has 0 spiro atoms. The molecule has 0 amide bonds. The summed E-state index contributed by atoms with van der Waals surface area (Å²) in [7, 11) is 0. The highest BCUT2D eigenvalue weighted by molar-refractivity contribution is 5.67. The Labute approximate surface area is 91.7 Å². The summed E-state index contributed by atoms with van der Waals surface area (Å²) in [5.41, 5.74) is 0.195. The van der Waals surface area contributed by atoms with Gasteiger partial charge in [-0.1, -0.05) is 0 Å². The smallest absolute Gasteiger partial charge is 0.329 e. The molecule has 16 heavy (non-hydrogen) atoms. The van der Waals surface area contributed by atoms with Crippen LogP contribution in [0.25, 0.3) is 0 Å². The third-order valence-electron chi connectivity index (χ3n) is 1.57. The minimum Gasteiger partial charge on any atom is -0.480 e.